The first-order valence-corrected chi connectivity index (χ1v) is 25.7. The standard InChI is InChI=1S/C41H81NO4.C6H5NO2S.2C2H6/c1-6-11-15-19-23-31-38(32-24-20-16-12-7-2)45-40(43)35-27-29-37(42-10-5)30-28-36-41(44)46-39(33-25-21-17-13-8-3)34-26-22-18-14-9-4;8-7(9)5-1-3-6(10)4-2-5;2*1-2/h37-39,42H,6-36H2,1-5H3;1-4,10H;2*1-2H3. The molecule has 0 aliphatic rings. The molecule has 9 heteroatoms. The van der Waals surface area contributed by atoms with Crippen molar-refractivity contribution in [2.24, 2.45) is 0 Å². The summed E-state index contributed by atoms with van der Waals surface area (Å²) in [7, 11) is 0. The maximum Gasteiger partial charge on any atom is 0.306 e. The quantitative estimate of drug-likeness (QED) is 0.0225. The fourth-order valence-electron chi connectivity index (χ4n) is 7.11. The molecule has 0 atom stereocenters. The molecule has 0 aromatic heterocycles. The largest absolute Gasteiger partial charge is 0.462 e. The number of esters is 2. The van der Waals surface area contributed by atoms with E-state index in [4.69, 9.17) is 9.47 Å². The van der Waals surface area contributed by atoms with Crippen molar-refractivity contribution in [1.29, 1.82) is 0 Å². The molecule has 1 aromatic carbocycles. The van der Waals surface area contributed by atoms with E-state index in [1.165, 1.54) is 115 Å². The van der Waals surface area contributed by atoms with Crippen LogP contribution in [0.15, 0.2) is 29.2 Å². The summed E-state index contributed by atoms with van der Waals surface area (Å²) < 4.78 is 12.1. The summed E-state index contributed by atoms with van der Waals surface area (Å²) >= 11 is 3.98. The molecule has 0 aliphatic carbocycles. The van der Waals surface area contributed by atoms with Crippen molar-refractivity contribution >= 4 is 30.3 Å². The molecule has 0 radical (unpaired) electrons. The average Bonchev–Trinajstić information content (AvgIpc) is 3.25. The number of hydrogen-bond acceptors (Lipinski definition) is 8. The Morgan fingerprint density at radius 1 is 0.533 bits per heavy atom. The van der Waals surface area contributed by atoms with Gasteiger partial charge in [-0.3, -0.25) is 19.7 Å². The number of ether oxygens (including phenoxy) is 2. The van der Waals surface area contributed by atoms with Gasteiger partial charge in [-0.15, -0.1) is 12.6 Å². The second kappa shape index (κ2) is 49.5. The number of nitro benzene ring substituents is 1. The van der Waals surface area contributed by atoms with Gasteiger partial charge in [0.25, 0.3) is 5.69 Å². The number of rotatable bonds is 37. The highest BCUT2D eigenvalue weighted by molar-refractivity contribution is 7.80. The zero-order valence-corrected chi connectivity index (χ0v) is 41.7. The number of non-ortho nitro benzene ring substituents is 1. The summed E-state index contributed by atoms with van der Waals surface area (Å²) in [6.07, 6.45) is 33.8. The Morgan fingerprint density at radius 2 is 0.850 bits per heavy atom. The second-order valence-corrected chi connectivity index (χ2v) is 16.4. The molecule has 0 unspecified atom stereocenters. The molecule has 1 aromatic rings. The Bertz CT molecular complexity index is 977. The number of hydrogen-bond donors (Lipinski definition) is 2. The van der Waals surface area contributed by atoms with Crippen LogP contribution in [-0.2, 0) is 19.1 Å². The van der Waals surface area contributed by atoms with E-state index in [0.29, 0.717) is 18.9 Å². The van der Waals surface area contributed by atoms with Gasteiger partial charge in [-0.05, 0) is 95.7 Å². The Hall–Kier alpha value is -2.13. The average molecular weight is 867 g/mol. The Labute approximate surface area is 377 Å². The predicted octanol–water partition coefficient (Wildman–Crippen LogP) is 16.5. The fourth-order valence-corrected chi connectivity index (χ4v) is 7.26. The summed E-state index contributed by atoms with van der Waals surface area (Å²) in [5.41, 5.74) is 0.0952. The molecule has 0 fully saturated rings. The van der Waals surface area contributed by atoms with Crippen LogP contribution < -0.4 is 5.32 Å². The van der Waals surface area contributed by atoms with E-state index in [0.717, 1.165) is 88.5 Å². The van der Waals surface area contributed by atoms with E-state index in [-0.39, 0.29) is 29.8 Å². The fraction of sp³-hybridized carbons (Fsp3) is 0.843. The van der Waals surface area contributed by atoms with Gasteiger partial charge in [0, 0.05) is 35.9 Å². The SMILES string of the molecule is CC.CC.CCCCCCCC(CCCCCCC)OC(=O)CCCC(CCCC(=O)OC(CCCCCCC)CCCCCCC)NCC.O=[N+]([O-])c1ccc(S)cc1. The number of carbonyl (C=O) groups is 2. The van der Waals surface area contributed by atoms with Crippen molar-refractivity contribution < 1.29 is 24.0 Å². The smallest absolute Gasteiger partial charge is 0.306 e. The highest BCUT2D eigenvalue weighted by atomic mass is 32.1. The summed E-state index contributed by atoms with van der Waals surface area (Å²) in [5.74, 6) is -0.0530. The topological polar surface area (TPSA) is 108 Å². The minimum atomic E-state index is -0.437. The van der Waals surface area contributed by atoms with Crippen molar-refractivity contribution in [1.82, 2.24) is 5.32 Å². The molecule has 354 valence electrons. The molecule has 0 saturated carbocycles. The molecule has 8 nitrogen and oxygen atoms in total. The van der Waals surface area contributed by atoms with Crippen molar-refractivity contribution in [3.63, 3.8) is 0 Å². The number of nitro groups is 1. The van der Waals surface area contributed by atoms with Crippen LogP contribution in [0.4, 0.5) is 5.69 Å². The van der Waals surface area contributed by atoms with Crippen LogP contribution in [0.3, 0.4) is 0 Å². The minimum Gasteiger partial charge on any atom is -0.462 e. The van der Waals surface area contributed by atoms with Gasteiger partial charge in [-0.25, -0.2) is 0 Å². The lowest BCUT2D eigenvalue weighted by Crippen LogP contribution is -2.29. The molecule has 0 bridgehead atoms. The summed E-state index contributed by atoms with van der Waals surface area (Å²) in [5, 5.41) is 13.7. The van der Waals surface area contributed by atoms with Crippen LogP contribution in [0.1, 0.15) is 255 Å². The first-order chi connectivity index (χ1) is 29.2. The molecule has 60 heavy (non-hydrogen) atoms. The van der Waals surface area contributed by atoms with Gasteiger partial charge in [0.05, 0.1) is 4.92 Å². The van der Waals surface area contributed by atoms with Crippen molar-refractivity contribution in [2.75, 3.05) is 6.54 Å². The lowest BCUT2D eigenvalue weighted by molar-refractivity contribution is -0.384. The van der Waals surface area contributed by atoms with E-state index in [1.807, 2.05) is 27.7 Å². The zero-order valence-electron chi connectivity index (χ0n) is 40.8. The van der Waals surface area contributed by atoms with E-state index in [1.54, 1.807) is 12.1 Å². The first kappa shape index (κ1) is 62.2. The lowest BCUT2D eigenvalue weighted by Gasteiger charge is -2.20. The molecular weight excluding hydrogens is 769 g/mol. The van der Waals surface area contributed by atoms with Crippen molar-refractivity contribution in [3.05, 3.63) is 34.4 Å². The predicted molar refractivity (Wildman–Crippen MR) is 261 cm³/mol. The van der Waals surface area contributed by atoms with Gasteiger partial charge in [0.15, 0.2) is 0 Å². The molecule has 0 saturated heterocycles. The van der Waals surface area contributed by atoms with Gasteiger partial charge < -0.3 is 14.8 Å². The number of unbranched alkanes of at least 4 members (excludes halogenated alkanes) is 16. The third-order valence-electron chi connectivity index (χ3n) is 10.5. The van der Waals surface area contributed by atoms with Crippen LogP contribution >= 0.6 is 12.6 Å². The van der Waals surface area contributed by atoms with E-state index >= 15 is 0 Å². The molecular formula is C51H98N2O6S. The van der Waals surface area contributed by atoms with Crippen LogP contribution in [0.2, 0.25) is 0 Å². The lowest BCUT2D eigenvalue weighted by atomic mass is 10.0. The molecule has 1 N–H and O–H groups in total. The molecule has 0 spiro atoms. The number of nitrogens with zero attached hydrogens (tertiary/aromatic N) is 1. The van der Waals surface area contributed by atoms with Crippen molar-refractivity contribution in [3.8, 4) is 0 Å². The normalized spacial score (nSPS) is 10.7. The summed E-state index contributed by atoms with van der Waals surface area (Å²) in [6, 6.07) is 6.33. The first-order valence-electron chi connectivity index (χ1n) is 25.3. The number of nitrogens with one attached hydrogen (secondary N) is 1. The molecule has 1 rings (SSSR count). The zero-order chi connectivity index (χ0) is 45.5. The third-order valence-corrected chi connectivity index (χ3v) is 10.8. The molecule has 0 aliphatic heterocycles. The molecule has 0 heterocycles. The molecule has 0 amide bonds. The number of benzene rings is 1. The third kappa shape index (κ3) is 42.6. The maximum atomic E-state index is 12.8. The summed E-state index contributed by atoms with van der Waals surface area (Å²) in [6.45, 7) is 20.0. The highest BCUT2D eigenvalue weighted by Gasteiger charge is 2.18. The number of thiol groups is 1. The van der Waals surface area contributed by atoms with Crippen LogP contribution in [-0.4, -0.2) is 41.7 Å². The van der Waals surface area contributed by atoms with Gasteiger partial charge in [-0.1, -0.05) is 165 Å². The van der Waals surface area contributed by atoms with E-state index in [2.05, 4.69) is 52.6 Å². The van der Waals surface area contributed by atoms with Gasteiger partial charge in [-0.2, -0.15) is 0 Å². The Kier molecular flexibility index (Phi) is 51.3. The Morgan fingerprint density at radius 3 is 1.13 bits per heavy atom. The second-order valence-electron chi connectivity index (χ2n) is 15.8. The Balaban J connectivity index is -0.00000197. The van der Waals surface area contributed by atoms with Gasteiger partial charge >= 0.3 is 11.9 Å². The maximum absolute atomic E-state index is 12.8. The van der Waals surface area contributed by atoms with Gasteiger partial charge in [0.2, 0.25) is 0 Å². The summed E-state index contributed by atoms with van der Waals surface area (Å²) in [4.78, 5) is 36.0. The van der Waals surface area contributed by atoms with Crippen LogP contribution in [0.5, 0.6) is 0 Å². The van der Waals surface area contributed by atoms with E-state index in [9.17, 15) is 19.7 Å². The van der Waals surface area contributed by atoms with E-state index < -0.39 is 4.92 Å². The minimum absolute atomic E-state index is 0.0265. The van der Waals surface area contributed by atoms with Crippen molar-refractivity contribution in [2.45, 2.75) is 278 Å². The van der Waals surface area contributed by atoms with Crippen LogP contribution in [0.25, 0.3) is 0 Å². The highest BCUT2D eigenvalue weighted by Crippen LogP contribution is 2.20. The number of carbonyl (C=O) groups excluding carboxylic acids is 2. The monoisotopic (exact) mass is 867 g/mol. The van der Waals surface area contributed by atoms with Gasteiger partial charge in [0.1, 0.15) is 12.2 Å². The van der Waals surface area contributed by atoms with Crippen LogP contribution in [0, 0.1) is 10.1 Å².